The SMILES string of the molecule is CC(C)CC(N)C(=O)NC(C)C(=O)NC(CO)C(=O)NC(CC(N)=O)C(=O)O. The van der Waals surface area contributed by atoms with Crippen LogP contribution in [-0.4, -0.2) is 70.6 Å². The maximum atomic E-state index is 12.1. The molecule has 0 aliphatic rings. The third-order valence-electron chi connectivity index (χ3n) is 3.65. The summed E-state index contributed by atoms with van der Waals surface area (Å²) in [6.07, 6.45) is -0.244. The van der Waals surface area contributed by atoms with E-state index in [1.807, 2.05) is 19.2 Å². The summed E-state index contributed by atoms with van der Waals surface area (Å²) in [5.74, 6) is -4.65. The molecule has 0 saturated heterocycles. The molecule has 28 heavy (non-hydrogen) atoms. The molecule has 9 N–H and O–H groups in total. The highest BCUT2D eigenvalue weighted by molar-refractivity contribution is 5.94. The molecule has 4 atom stereocenters. The fraction of sp³-hybridized carbons (Fsp3) is 0.688. The Labute approximate surface area is 162 Å². The lowest BCUT2D eigenvalue weighted by atomic mass is 10.0. The van der Waals surface area contributed by atoms with Crippen molar-refractivity contribution in [3.05, 3.63) is 0 Å². The number of aliphatic hydroxyl groups is 1. The summed E-state index contributed by atoms with van der Waals surface area (Å²) in [5, 5.41) is 24.9. The molecule has 12 nitrogen and oxygen atoms in total. The highest BCUT2D eigenvalue weighted by Gasteiger charge is 2.29. The first-order chi connectivity index (χ1) is 12.9. The first kappa shape index (κ1) is 25.3. The highest BCUT2D eigenvalue weighted by atomic mass is 16.4. The van der Waals surface area contributed by atoms with Crippen LogP contribution < -0.4 is 27.4 Å². The molecule has 0 aliphatic carbocycles. The topological polar surface area (TPSA) is 214 Å². The van der Waals surface area contributed by atoms with Gasteiger partial charge in [0.05, 0.1) is 19.1 Å². The highest BCUT2D eigenvalue weighted by Crippen LogP contribution is 2.03. The summed E-state index contributed by atoms with van der Waals surface area (Å²) in [5.41, 5.74) is 10.6. The Hall–Kier alpha value is -2.73. The third kappa shape index (κ3) is 9.28. The van der Waals surface area contributed by atoms with Gasteiger partial charge in [0.15, 0.2) is 0 Å². The van der Waals surface area contributed by atoms with Gasteiger partial charge in [-0.1, -0.05) is 13.8 Å². The second-order valence-corrected chi connectivity index (χ2v) is 6.78. The Morgan fingerprint density at radius 2 is 1.43 bits per heavy atom. The van der Waals surface area contributed by atoms with Crippen LogP contribution in [0.1, 0.15) is 33.6 Å². The van der Waals surface area contributed by atoms with Crippen LogP contribution in [0.5, 0.6) is 0 Å². The molecule has 0 aromatic rings. The van der Waals surface area contributed by atoms with Gasteiger partial charge in [0.1, 0.15) is 18.1 Å². The molecule has 0 spiro atoms. The minimum atomic E-state index is -1.61. The van der Waals surface area contributed by atoms with E-state index in [9.17, 15) is 29.1 Å². The summed E-state index contributed by atoms with van der Waals surface area (Å²) < 4.78 is 0. The third-order valence-corrected chi connectivity index (χ3v) is 3.65. The molecule has 0 radical (unpaired) electrons. The molecule has 4 amide bonds. The molecule has 160 valence electrons. The lowest BCUT2D eigenvalue weighted by Gasteiger charge is -2.22. The number of carbonyl (C=O) groups is 5. The molecule has 4 unspecified atom stereocenters. The number of aliphatic carboxylic acids is 1. The molecular formula is C16H29N5O7. The zero-order chi connectivity index (χ0) is 22.0. The lowest BCUT2D eigenvalue weighted by molar-refractivity contribution is -0.144. The Balaban J connectivity index is 4.83. The van der Waals surface area contributed by atoms with Crippen LogP contribution in [-0.2, 0) is 24.0 Å². The average molecular weight is 403 g/mol. The predicted molar refractivity (Wildman–Crippen MR) is 97.4 cm³/mol. The number of carboxylic acids is 1. The van der Waals surface area contributed by atoms with Gasteiger partial charge in [0.25, 0.3) is 0 Å². The van der Waals surface area contributed by atoms with Crippen molar-refractivity contribution in [2.24, 2.45) is 17.4 Å². The normalized spacial score (nSPS) is 15.1. The van der Waals surface area contributed by atoms with Gasteiger partial charge in [-0.3, -0.25) is 19.2 Å². The van der Waals surface area contributed by atoms with E-state index in [4.69, 9.17) is 16.6 Å². The Morgan fingerprint density at radius 3 is 1.86 bits per heavy atom. The Kier molecular flexibility index (Phi) is 10.7. The zero-order valence-electron chi connectivity index (χ0n) is 16.1. The summed E-state index contributed by atoms with van der Waals surface area (Å²) in [7, 11) is 0. The molecule has 0 fully saturated rings. The van der Waals surface area contributed by atoms with E-state index < -0.39 is 66.8 Å². The number of carboxylic acid groups (broad SMARTS) is 1. The van der Waals surface area contributed by atoms with Gasteiger partial charge in [-0.15, -0.1) is 0 Å². The number of aliphatic hydroxyl groups excluding tert-OH is 1. The predicted octanol–water partition coefficient (Wildman–Crippen LogP) is -3.21. The van der Waals surface area contributed by atoms with Gasteiger partial charge >= 0.3 is 5.97 Å². The number of amides is 4. The molecule has 0 aromatic heterocycles. The molecular weight excluding hydrogens is 374 g/mol. The van der Waals surface area contributed by atoms with Gasteiger partial charge in [0.2, 0.25) is 23.6 Å². The average Bonchev–Trinajstić information content (AvgIpc) is 2.57. The number of nitrogens with one attached hydrogen (secondary N) is 3. The van der Waals surface area contributed by atoms with Crippen LogP contribution in [0, 0.1) is 5.92 Å². The first-order valence-electron chi connectivity index (χ1n) is 8.67. The number of hydrogen-bond donors (Lipinski definition) is 7. The smallest absolute Gasteiger partial charge is 0.326 e. The molecule has 0 saturated carbocycles. The van der Waals surface area contributed by atoms with Crippen LogP contribution in [0.15, 0.2) is 0 Å². The van der Waals surface area contributed by atoms with Crippen molar-refractivity contribution in [2.75, 3.05) is 6.61 Å². The van der Waals surface area contributed by atoms with Crippen molar-refractivity contribution in [2.45, 2.75) is 57.8 Å². The molecule has 0 aromatic carbocycles. The van der Waals surface area contributed by atoms with E-state index in [-0.39, 0.29) is 5.92 Å². The van der Waals surface area contributed by atoms with Crippen LogP contribution in [0.4, 0.5) is 0 Å². The zero-order valence-corrected chi connectivity index (χ0v) is 16.1. The lowest BCUT2D eigenvalue weighted by Crippen LogP contribution is -2.57. The van der Waals surface area contributed by atoms with E-state index >= 15 is 0 Å². The molecule has 0 aliphatic heterocycles. The van der Waals surface area contributed by atoms with Crippen LogP contribution in [0.25, 0.3) is 0 Å². The van der Waals surface area contributed by atoms with E-state index in [1.165, 1.54) is 6.92 Å². The van der Waals surface area contributed by atoms with Crippen molar-refractivity contribution in [1.82, 2.24) is 16.0 Å². The van der Waals surface area contributed by atoms with Crippen molar-refractivity contribution in [1.29, 1.82) is 0 Å². The standard InChI is InChI=1S/C16H29N5O7/c1-7(2)4-9(17)14(25)19-8(3)13(24)21-11(6-22)15(26)20-10(16(27)28)5-12(18)23/h7-11,22H,4-6,17H2,1-3H3,(H2,18,23)(H,19,25)(H,20,26)(H,21,24)(H,27,28). The number of primary amides is 1. The van der Waals surface area contributed by atoms with Crippen molar-refractivity contribution < 1.29 is 34.2 Å². The fourth-order valence-corrected chi connectivity index (χ4v) is 2.17. The van der Waals surface area contributed by atoms with Crippen molar-refractivity contribution in [3.63, 3.8) is 0 Å². The van der Waals surface area contributed by atoms with E-state index in [1.54, 1.807) is 0 Å². The van der Waals surface area contributed by atoms with E-state index in [2.05, 4.69) is 10.6 Å². The van der Waals surface area contributed by atoms with Gasteiger partial charge in [0, 0.05) is 0 Å². The summed E-state index contributed by atoms with van der Waals surface area (Å²) in [6.45, 7) is 4.29. The van der Waals surface area contributed by atoms with Gasteiger partial charge in [-0.2, -0.15) is 0 Å². The maximum Gasteiger partial charge on any atom is 0.326 e. The van der Waals surface area contributed by atoms with Crippen molar-refractivity contribution >= 4 is 29.6 Å². The van der Waals surface area contributed by atoms with Crippen LogP contribution in [0.2, 0.25) is 0 Å². The largest absolute Gasteiger partial charge is 0.480 e. The summed E-state index contributed by atoms with van der Waals surface area (Å²) in [6, 6.07) is -4.97. The number of nitrogens with two attached hydrogens (primary N) is 2. The maximum absolute atomic E-state index is 12.1. The summed E-state index contributed by atoms with van der Waals surface area (Å²) in [4.78, 5) is 58.1. The molecule has 0 heterocycles. The van der Waals surface area contributed by atoms with Gasteiger partial charge in [-0.05, 0) is 19.3 Å². The number of carbonyl (C=O) groups excluding carboxylic acids is 4. The molecule has 12 heteroatoms. The summed E-state index contributed by atoms with van der Waals surface area (Å²) >= 11 is 0. The molecule has 0 bridgehead atoms. The second-order valence-electron chi connectivity index (χ2n) is 6.78. The first-order valence-corrected chi connectivity index (χ1v) is 8.67. The Bertz CT molecular complexity index is 596. The van der Waals surface area contributed by atoms with E-state index in [0.717, 1.165) is 0 Å². The number of hydrogen-bond acceptors (Lipinski definition) is 7. The van der Waals surface area contributed by atoms with Crippen molar-refractivity contribution in [3.8, 4) is 0 Å². The molecule has 0 rings (SSSR count). The van der Waals surface area contributed by atoms with Crippen LogP contribution in [0.3, 0.4) is 0 Å². The van der Waals surface area contributed by atoms with Gasteiger partial charge in [-0.25, -0.2) is 4.79 Å². The Morgan fingerprint density at radius 1 is 0.893 bits per heavy atom. The van der Waals surface area contributed by atoms with Crippen LogP contribution >= 0.6 is 0 Å². The monoisotopic (exact) mass is 403 g/mol. The fourth-order valence-electron chi connectivity index (χ4n) is 2.17. The minimum Gasteiger partial charge on any atom is -0.480 e. The second kappa shape index (κ2) is 11.9. The quantitative estimate of drug-likeness (QED) is 0.175. The minimum absolute atomic E-state index is 0.176. The van der Waals surface area contributed by atoms with E-state index in [0.29, 0.717) is 6.42 Å². The van der Waals surface area contributed by atoms with Gasteiger partial charge < -0.3 is 37.6 Å². The number of rotatable bonds is 12.